The normalized spacial score (nSPS) is 23.5. The number of halogens is 3. The second kappa shape index (κ2) is 7.62. The molecule has 2 unspecified atom stereocenters. The van der Waals surface area contributed by atoms with E-state index in [9.17, 15) is 13.2 Å². The first kappa shape index (κ1) is 19.4. The molecule has 1 saturated carbocycles. The Morgan fingerprint density at radius 3 is 2.43 bits per heavy atom. The van der Waals surface area contributed by atoms with Crippen LogP contribution >= 0.6 is 0 Å². The van der Waals surface area contributed by atoms with Crippen LogP contribution in [0.1, 0.15) is 17.5 Å². The van der Waals surface area contributed by atoms with Crippen LogP contribution in [-0.2, 0) is 6.54 Å². The van der Waals surface area contributed by atoms with Crippen molar-refractivity contribution in [1.82, 2.24) is 4.90 Å². The van der Waals surface area contributed by atoms with Crippen molar-refractivity contribution in [3.05, 3.63) is 84.3 Å². The number of fused-ring (bicyclic) bond motifs is 2. The maximum atomic E-state index is 12.4. The Morgan fingerprint density at radius 2 is 1.67 bits per heavy atom. The molecule has 0 aromatic heterocycles. The standard InChI is InChI=1S/C25H23F3NO/c26-25(27,28)30-21-7-3-4-17(13-21)9-11-22-23-15-29(16-24(22)23)14-18-8-10-19-5-1-2-6-20(19)12-18/h1-10,12-13,22-24H,11,14-16H2. The molecule has 0 amide bonds. The second-order valence-corrected chi connectivity index (χ2v) is 8.43. The van der Waals surface area contributed by atoms with Crippen LogP contribution < -0.4 is 4.74 Å². The molecule has 2 fully saturated rings. The zero-order chi connectivity index (χ0) is 20.7. The van der Waals surface area contributed by atoms with Crippen LogP contribution in [0.2, 0.25) is 0 Å². The number of hydrogen-bond donors (Lipinski definition) is 0. The molecule has 155 valence electrons. The first-order valence-electron chi connectivity index (χ1n) is 10.3. The summed E-state index contributed by atoms with van der Waals surface area (Å²) in [6, 6.07) is 21.3. The highest BCUT2D eigenvalue weighted by Gasteiger charge is 2.54. The summed E-state index contributed by atoms with van der Waals surface area (Å²) in [5.41, 5.74) is 2.13. The molecule has 5 rings (SSSR count). The Hall–Kier alpha value is -2.53. The van der Waals surface area contributed by atoms with Gasteiger partial charge in [0.15, 0.2) is 0 Å². The summed E-state index contributed by atoms with van der Waals surface area (Å²) in [4.78, 5) is 2.52. The highest BCUT2D eigenvalue weighted by Crippen LogP contribution is 2.54. The topological polar surface area (TPSA) is 12.5 Å². The number of likely N-dealkylation sites (tertiary alicyclic amines) is 1. The maximum absolute atomic E-state index is 12.4. The fraction of sp³-hybridized carbons (Fsp3) is 0.320. The van der Waals surface area contributed by atoms with Crippen LogP contribution in [0.5, 0.6) is 5.75 Å². The molecule has 3 aromatic rings. The Kier molecular flexibility index (Phi) is 4.94. The molecule has 3 aromatic carbocycles. The number of ether oxygens (including phenoxy) is 1. The van der Waals surface area contributed by atoms with E-state index in [0.29, 0.717) is 17.8 Å². The molecule has 2 aliphatic rings. The van der Waals surface area contributed by atoms with E-state index in [1.165, 1.54) is 28.5 Å². The molecular weight excluding hydrogens is 387 g/mol. The number of hydrogen-bond acceptors (Lipinski definition) is 2. The van der Waals surface area contributed by atoms with E-state index in [4.69, 9.17) is 0 Å². The van der Waals surface area contributed by atoms with Crippen LogP contribution in [0, 0.1) is 24.2 Å². The molecule has 2 atom stereocenters. The van der Waals surface area contributed by atoms with E-state index < -0.39 is 6.36 Å². The van der Waals surface area contributed by atoms with Gasteiger partial charge in [0.25, 0.3) is 0 Å². The summed E-state index contributed by atoms with van der Waals surface area (Å²) in [5.74, 6) is 1.89. The van der Waals surface area contributed by atoms with Crippen molar-refractivity contribution < 1.29 is 17.9 Å². The number of nitrogens with zero attached hydrogens (tertiary/aromatic N) is 1. The van der Waals surface area contributed by atoms with Gasteiger partial charge in [0.2, 0.25) is 0 Å². The lowest BCUT2D eigenvalue weighted by Crippen LogP contribution is -2.24. The van der Waals surface area contributed by atoms with Crippen molar-refractivity contribution in [2.24, 2.45) is 17.8 Å². The van der Waals surface area contributed by atoms with Gasteiger partial charge in [0.05, 0.1) is 0 Å². The molecule has 2 nitrogen and oxygen atoms in total. The van der Waals surface area contributed by atoms with Crippen LogP contribution in [-0.4, -0.2) is 24.4 Å². The van der Waals surface area contributed by atoms with Gasteiger partial charge < -0.3 is 4.74 Å². The van der Waals surface area contributed by atoms with E-state index in [1.54, 1.807) is 6.07 Å². The molecule has 30 heavy (non-hydrogen) atoms. The van der Waals surface area contributed by atoms with Gasteiger partial charge in [-0.3, -0.25) is 4.90 Å². The molecule has 1 saturated heterocycles. The minimum Gasteiger partial charge on any atom is -0.406 e. The third-order valence-corrected chi connectivity index (χ3v) is 6.38. The molecular formula is C25H23F3NO. The predicted molar refractivity (Wildman–Crippen MR) is 111 cm³/mol. The van der Waals surface area contributed by atoms with Gasteiger partial charge in [-0.1, -0.05) is 48.5 Å². The van der Waals surface area contributed by atoms with Crippen molar-refractivity contribution in [3.8, 4) is 5.75 Å². The van der Waals surface area contributed by atoms with E-state index in [-0.39, 0.29) is 5.75 Å². The van der Waals surface area contributed by atoms with Gasteiger partial charge in [-0.15, -0.1) is 13.2 Å². The lowest BCUT2D eigenvalue weighted by Gasteiger charge is -2.20. The Labute approximate surface area is 174 Å². The summed E-state index contributed by atoms with van der Waals surface area (Å²) >= 11 is 0. The van der Waals surface area contributed by atoms with Gasteiger partial charge in [-0.25, -0.2) is 0 Å². The van der Waals surface area contributed by atoms with Gasteiger partial charge >= 0.3 is 6.36 Å². The predicted octanol–water partition coefficient (Wildman–Crippen LogP) is 6.06. The fourth-order valence-electron chi connectivity index (χ4n) is 4.92. The van der Waals surface area contributed by atoms with Gasteiger partial charge in [-0.05, 0) is 70.7 Å². The summed E-state index contributed by atoms with van der Waals surface area (Å²) in [6.45, 7) is 3.19. The third-order valence-electron chi connectivity index (χ3n) is 6.38. The van der Waals surface area contributed by atoms with Crippen molar-refractivity contribution in [1.29, 1.82) is 0 Å². The van der Waals surface area contributed by atoms with E-state index in [0.717, 1.165) is 31.6 Å². The molecule has 1 aliphatic heterocycles. The average molecular weight is 410 g/mol. The number of benzene rings is 3. The molecule has 0 spiro atoms. The zero-order valence-corrected chi connectivity index (χ0v) is 16.5. The van der Waals surface area contributed by atoms with Gasteiger partial charge in [0, 0.05) is 19.6 Å². The maximum Gasteiger partial charge on any atom is 0.573 e. The molecule has 5 heteroatoms. The van der Waals surface area contributed by atoms with Crippen LogP contribution in [0.4, 0.5) is 13.2 Å². The van der Waals surface area contributed by atoms with E-state index >= 15 is 0 Å². The monoisotopic (exact) mass is 410 g/mol. The van der Waals surface area contributed by atoms with Crippen molar-refractivity contribution >= 4 is 10.8 Å². The number of alkyl halides is 3. The lowest BCUT2D eigenvalue weighted by atomic mass is 10.0. The fourth-order valence-corrected chi connectivity index (χ4v) is 4.92. The smallest absolute Gasteiger partial charge is 0.406 e. The largest absolute Gasteiger partial charge is 0.573 e. The molecule has 0 bridgehead atoms. The first-order chi connectivity index (χ1) is 14.4. The lowest BCUT2D eigenvalue weighted by molar-refractivity contribution is -0.274. The molecule has 1 aliphatic carbocycles. The second-order valence-electron chi connectivity index (χ2n) is 8.43. The molecule has 1 heterocycles. The van der Waals surface area contributed by atoms with Crippen molar-refractivity contribution in [2.75, 3.05) is 13.1 Å². The highest BCUT2D eigenvalue weighted by molar-refractivity contribution is 5.82. The third kappa shape index (κ3) is 4.31. The van der Waals surface area contributed by atoms with Crippen LogP contribution in [0.15, 0.2) is 66.7 Å². The van der Waals surface area contributed by atoms with Crippen molar-refractivity contribution in [2.45, 2.75) is 19.3 Å². The minimum atomic E-state index is -4.65. The van der Waals surface area contributed by atoms with Gasteiger partial charge in [0.1, 0.15) is 5.75 Å². The zero-order valence-electron chi connectivity index (χ0n) is 16.5. The van der Waals surface area contributed by atoms with E-state index in [2.05, 4.69) is 52.1 Å². The van der Waals surface area contributed by atoms with Gasteiger partial charge in [-0.2, -0.15) is 0 Å². The van der Waals surface area contributed by atoms with Crippen molar-refractivity contribution in [3.63, 3.8) is 0 Å². The SMILES string of the molecule is FC(F)(F)Oc1cccc([CH]CC2C3CN(Cc4ccc5ccccc5c4)CC23)c1. The molecule has 1 radical (unpaired) electrons. The highest BCUT2D eigenvalue weighted by atomic mass is 19.4. The van der Waals surface area contributed by atoms with Crippen LogP contribution in [0.25, 0.3) is 10.8 Å². The van der Waals surface area contributed by atoms with E-state index in [1.807, 2.05) is 12.5 Å². The minimum absolute atomic E-state index is 0.159. The summed E-state index contributed by atoms with van der Waals surface area (Å²) in [7, 11) is 0. The van der Waals surface area contributed by atoms with Crippen LogP contribution in [0.3, 0.4) is 0 Å². The summed E-state index contributed by atoms with van der Waals surface area (Å²) < 4.78 is 41.2. The first-order valence-corrected chi connectivity index (χ1v) is 10.3. The number of piperidine rings is 1. The summed E-state index contributed by atoms with van der Waals surface area (Å²) in [5, 5.41) is 2.55. The Balaban J connectivity index is 1.11. The molecule has 0 N–H and O–H groups in total. The average Bonchev–Trinajstić information content (AvgIpc) is 3.16. The Bertz CT molecular complexity index is 1040. The Morgan fingerprint density at radius 1 is 0.900 bits per heavy atom. The number of rotatable bonds is 6. The quantitative estimate of drug-likeness (QED) is 0.490. The summed E-state index contributed by atoms with van der Waals surface area (Å²) in [6.07, 6.45) is -1.70.